The molecule has 24 heavy (non-hydrogen) atoms. The summed E-state index contributed by atoms with van der Waals surface area (Å²) in [6.07, 6.45) is 1.63. The molecule has 0 N–H and O–H groups in total. The first-order chi connectivity index (χ1) is 11.5. The van der Waals surface area contributed by atoms with E-state index >= 15 is 0 Å². The first kappa shape index (κ1) is 16.6. The maximum Gasteiger partial charge on any atom is 0.282 e. The van der Waals surface area contributed by atoms with Gasteiger partial charge < -0.3 is 9.80 Å². The molecule has 1 aliphatic rings. The minimum absolute atomic E-state index is 0.185. The van der Waals surface area contributed by atoms with Gasteiger partial charge in [0.2, 0.25) is 0 Å². The number of anilines is 1. The number of carbonyl (C=O) groups excluding carboxylic acids is 1. The van der Waals surface area contributed by atoms with Gasteiger partial charge in [-0.2, -0.15) is 5.10 Å². The molecular formula is C16H16BrFN4O2. The van der Waals surface area contributed by atoms with Gasteiger partial charge in [-0.1, -0.05) is 6.07 Å². The fourth-order valence-electron chi connectivity index (χ4n) is 2.68. The second kappa shape index (κ2) is 6.72. The highest BCUT2D eigenvalue weighted by Crippen LogP contribution is 2.23. The molecule has 6 nitrogen and oxygen atoms in total. The number of benzene rings is 1. The molecule has 126 valence electrons. The number of rotatable bonds is 2. The summed E-state index contributed by atoms with van der Waals surface area (Å²) >= 11 is 3.32. The van der Waals surface area contributed by atoms with Crippen molar-refractivity contribution in [2.45, 2.75) is 0 Å². The summed E-state index contributed by atoms with van der Waals surface area (Å²) in [5.74, 6) is -0.607. The first-order valence-corrected chi connectivity index (χ1v) is 8.28. The largest absolute Gasteiger partial charge is 0.366 e. The van der Waals surface area contributed by atoms with E-state index in [0.29, 0.717) is 36.2 Å². The molecule has 1 aliphatic heterocycles. The lowest BCUT2D eigenvalue weighted by molar-refractivity contribution is 0.0746. The summed E-state index contributed by atoms with van der Waals surface area (Å²) in [6, 6.07) is 5.70. The predicted molar refractivity (Wildman–Crippen MR) is 91.7 cm³/mol. The average Bonchev–Trinajstić information content (AvgIpc) is 2.59. The van der Waals surface area contributed by atoms with Crippen LogP contribution in [0.15, 0.2) is 39.7 Å². The second-order valence-corrected chi connectivity index (χ2v) is 6.36. The van der Waals surface area contributed by atoms with Gasteiger partial charge >= 0.3 is 0 Å². The maximum atomic E-state index is 13.3. The van der Waals surface area contributed by atoms with Crippen LogP contribution in [-0.2, 0) is 7.05 Å². The average molecular weight is 395 g/mol. The summed E-state index contributed by atoms with van der Waals surface area (Å²) in [7, 11) is 1.59. The molecule has 0 bridgehead atoms. The van der Waals surface area contributed by atoms with Crippen molar-refractivity contribution in [2.75, 3.05) is 31.1 Å². The second-order valence-electron chi connectivity index (χ2n) is 5.56. The highest BCUT2D eigenvalue weighted by atomic mass is 79.9. The molecule has 1 amide bonds. The third-order valence-corrected chi connectivity index (χ3v) is 4.78. The monoisotopic (exact) mass is 394 g/mol. The summed E-state index contributed by atoms with van der Waals surface area (Å²) in [6.45, 7) is 2.15. The Morgan fingerprint density at radius 3 is 2.62 bits per heavy atom. The lowest BCUT2D eigenvalue weighted by Gasteiger charge is -2.36. The van der Waals surface area contributed by atoms with Crippen LogP contribution in [0.2, 0.25) is 0 Å². The van der Waals surface area contributed by atoms with Crippen molar-refractivity contribution in [3.63, 3.8) is 0 Å². The third-order valence-electron chi connectivity index (χ3n) is 4.04. The third kappa shape index (κ3) is 3.19. The Morgan fingerprint density at radius 2 is 1.96 bits per heavy atom. The SMILES string of the molecule is Cn1ncc(N2CCN(C(=O)c3cccc(F)c3)CC2)c(Br)c1=O. The smallest absolute Gasteiger partial charge is 0.282 e. The fourth-order valence-corrected chi connectivity index (χ4v) is 3.29. The number of nitrogens with zero attached hydrogens (tertiary/aromatic N) is 4. The van der Waals surface area contributed by atoms with Crippen molar-refractivity contribution in [3.8, 4) is 0 Å². The van der Waals surface area contributed by atoms with E-state index in [9.17, 15) is 14.0 Å². The zero-order chi connectivity index (χ0) is 17.3. The Bertz CT molecular complexity index is 831. The number of piperazine rings is 1. The molecule has 0 spiro atoms. The normalized spacial score (nSPS) is 14.8. The van der Waals surface area contributed by atoms with Gasteiger partial charge in [0.15, 0.2) is 0 Å². The number of hydrogen-bond donors (Lipinski definition) is 0. The lowest BCUT2D eigenvalue weighted by atomic mass is 10.1. The minimum atomic E-state index is -0.422. The molecule has 0 aliphatic carbocycles. The van der Waals surface area contributed by atoms with Crippen LogP contribution >= 0.6 is 15.9 Å². The van der Waals surface area contributed by atoms with Crippen molar-refractivity contribution in [1.29, 1.82) is 0 Å². The topological polar surface area (TPSA) is 58.4 Å². The van der Waals surface area contributed by atoms with E-state index in [1.54, 1.807) is 24.2 Å². The van der Waals surface area contributed by atoms with Gasteiger partial charge in [-0.3, -0.25) is 9.59 Å². The number of amides is 1. The zero-order valence-corrected chi connectivity index (χ0v) is 14.7. The molecule has 1 aromatic heterocycles. The standard InChI is InChI=1S/C16H16BrFN4O2/c1-20-16(24)14(17)13(10-19-20)21-5-7-22(8-6-21)15(23)11-3-2-4-12(18)9-11/h2-4,9-10H,5-8H2,1H3. The van der Waals surface area contributed by atoms with Crippen molar-refractivity contribution >= 4 is 27.5 Å². The van der Waals surface area contributed by atoms with Crippen LogP contribution < -0.4 is 10.5 Å². The molecule has 2 heterocycles. The quantitative estimate of drug-likeness (QED) is 0.776. The Balaban J connectivity index is 1.71. The molecule has 0 radical (unpaired) electrons. The molecule has 0 saturated carbocycles. The van der Waals surface area contributed by atoms with Gasteiger partial charge in [0, 0.05) is 38.8 Å². The van der Waals surface area contributed by atoms with E-state index in [1.807, 2.05) is 4.90 Å². The number of carbonyl (C=O) groups is 1. The van der Waals surface area contributed by atoms with Crippen LogP contribution in [0, 0.1) is 5.82 Å². The number of aromatic nitrogens is 2. The molecule has 1 aromatic carbocycles. The van der Waals surface area contributed by atoms with Crippen LogP contribution in [-0.4, -0.2) is 46.8 Å². The lowest BCUT2D eigenvalue weighted by Crippen LogP contribution is -2.49. The molecule has 3 rings (SSSR count). The van der Waals surface area contributed by atoms with Gasteiger partial charge in [-0.15, -0.1) is 0 Å². The molecular weight excluding hydrogens is 379 g/mol. The van der Waals surface area contributed by atoms with Crippen LogP contribution in [0.1, 0.15) is 10.4 Å². The van der Waals surface area contributed by atoms with Crippen LogP contribution in [0.4, 0.5) is 10.1 Å². The maximum absolute atomic E-state index is 13.3. The number of hydrogen-bond acceptors (Lipinski definition) is 4. The Kier molecular flexibility index (Phi) is 4.66. The van der Waals surface area contributed by atoms with Crippen LogP contribution in [0.25, 0.3) is 0 Å². The van der Waals surface area contributed by atoms with Crippen molar-refractivity contribution in [3.05, 3.63) is 56.7 Å². The molecule has 8 heteroatoms. The van der Waals surface area contributed by atoms with Gasteiger partial charge in [-0.05, 0) is 34.1 Å². The Labute approximate surface area is 146 Å². The van der Waals surface area contributed by atoms with Gasteiger partial charge in [0.1, 0.15) is 10.3 Å². The molecule has 2 aromatic rings. The highest BCUT2D eigenvalue weighted by Gasteiger charge is 2.24. The molecule has 1 fully saturated rings. The van der Waals surface area contributed by atoms with E-state index in [0.717, 1.165) is 5.69 Å². The molecule has 0 unspecified atom stereocenters. The zero-order valence-electron chi connectivity index (χ0n) is 13.1. The van der Waals surface area contributed by atoms with Crippen molar-refractivity contribution in [1.82, 2.24) is 14.7 Å². The molecule has 0 atom stereocenters. The Hall–Kier alpha value is -2.22. The predicted octanol–water partition coefficient (Wildman–Crippen LogP) is 1.64. The summed E-state index contributed by atoms with van der Waals surface area (Å²) in [4.78, 5) is 28.1. The van der Waals surface area contributed by atoms with Crippen LogP contribution in [0.3, 0.4) is 0 Å². The van der Waals surface area contributed by atoms with Gasteiger partial charge in [-0.25, -0.2) is 9.07 Å². The number of halogens is 2. The molecule has 1 saturated heterocycles. The fraction of sp³-hybridized carbons (Fsp3) is 0.312. The summed E-state index contributed by atoms with van der Waals surface area (Å²) in [5, 5.41) is 4.04. The Morgan fingerprint density at radius 1 is 1.25 bits per heavy atom. The minimum Gasteiger partial charge on any atom is -0.366 e. The van der Waals surface area contributed by atoms with Gasteiger partial charge in [0.25, 0.3) is 11.5 Å². The van der Waals surface area contributed by atoms with E-state index < -0.39 is 5.82 Å². The number of aryl methyl sites for hydroxylation is 1. The van der Waals surface area contributed by atoms with Crippen LogP contribution in [0.5, 0.6) is 0 Å². The van der Waals surface area contributed by atoms with Crippen molar-refractivity contribution in [2.24, 2.45) is 7.05 Å². The van der Waals surface area contributed by atoms with Crippen molar-refractivity contribution < 1.29 is 9.18 Å². The van der Waals surface area contributed by atoms with E-state index in [4.69, 9.17) is 0 Å². The van der Waals surface area contributed by atoms with Gasteiger partial charge in [0.05, 0.1) is 11.9 Å². The van der Waals surface area contributed by atoms with E-state index in [-0.39, 0.29) is 11.5 Å². The van der Waals surface area contributed by atoms with E-state index in [1.165, 1.54) is 22.9 Å². The summed E-state index contributed by atoms with van der Waals surface area (Å²) < 4.78 is 15.0. The van der Waals surface area contributed by atoms with E-state index in [2.05, 4.69) is 21.0 Å². The summed E-state index contributed by atoms with van der Waals surface area (Å²) in [5.41, 5.74) is 0.863. The highest BCUT2D eigenvalue weighted by molar-refractivity contribution is 9.10. The first-order valence-electron chi connectivity index (χ1n) is 7.49.